The molecule has 18 heavy (non-hydrogen) atoms. The molecule has 1 rings (SSSR count). The van der Waals surface area contributed by atoms with Crippen LogP contribution >= 0.6 is 0 Å². The number of carboxylic acid groups (broad SMARTS) is 1. The number of sulfonamides is 1. The van der Waals surface area contributed by atoms with Crippen LogP contribution in [0.2, 0.25) is 0 Å². The Morgan fingerprint density at radius 2 is 1.89 bits per heavy atom. The summed E-state index contributed by atoms with van der Waals surface area (Å²) in [5, 5.41) is 8.75. The van der Waals surface area contributed by atoms with Crippen molar-refractivity contribution in [2.45, 2.75) is 18.2 Å². The van der Waals surface area contributed by atoms with Crippen molar-refractivity contribution in [2.75, 3.05) is 13.6 Å². The highest BCUT2D eigenvalue weighted by molar-refractivity contribution is 7.89. The van der Waals surface area contributed by atoms with E-state index in [4.69, 9.17) is 5.11 Å². The molecular weight excluding hydrogens is 254 g/mol. The molecule has 1 aromatic rings. The Bertz CT molecular complexity index is 498. The molecule has 100 valence electrons. The molecule has 0 saturated carbocycles. The van der Waals surface area contributed by atoms with Gasteiger partial charge < -0.3 is 5.11 Å². The lowest BCUT2D eigenvalue weighted by molar-refractivity contribution is -0.141. The minimum absolute atomic E-state index is 0.185. The van der Waals surface area contributed by atoms with E-state index >= 15 is 0 Å². The van der Waals surface area contributed by atoms with Crippen LogP contribution in [0, 0.1) is 5.92 Å². The fraction of sp³-hybridized carbons (Fsp3) is 0.417. The van der Waals surface area contributed by atoms with Gasteiger partial charge in [0.15, 0.2) is 0 Å². The third kappa shape index (κ3) is 3.54. The van der Waals surface area contributed by atoms with Crippen LogP contribution in [0.3, 0.4) is 0 Å². The van der Waals surface area contributed by atoms with E-state index in [-0.39, 0.29) is 17.9 Å². The molecule has 0 spiro atoms. The number of carboxylic acids is 1. The quantitative estimate of drug-likeness (QED) is 0.849. The molecule has 0 radical (unpaired) electrons. The molecule has 0 heterocycles. The SMILES string of the molecule is C[C@@H](CCN(C)S(=O)(=O)c1ccccc1)C(=O)O. The van der Waals surface area contributed by atoms with Crippen LogP contribution in [-0.2, 0) is 14.8 Å². The smallest absolute Gasteiger partial charge is 0.306 e. The van der Waals surface area contributed by atoms with Gasteiger partial charge in [-0.05, 0) is 18.6 Å². The molecule has 0 aliphatic carbocycles. The summed E-state index contributed by atoms with van der Waals surface area (Å²) in [5.74, 6) is -1.47. The summed E-state index contributed by atoms with van der Waals surface area (Å²) in [6.07, 6.45) is 0.290. The van der Waals surface area contributed by atoms with Crippen LogP contribution in [0.25, 0.3) is 0 Å². The van der Waals surface area contributed by atoms with E-state index in [1.165, 1.54) is 23.5 Å². The first-order valence-corrected chi connectivity index (χ1v) is 7.04. The zero-order chi connectivity index (χ0) is 13.8. The van der Waals surface area contributed by atoms with Crippen molar-refractivity contribution in [3.63, 3.8) is 0 Å². The third-order valence-electron chi connectivity index (χ3n) is 2.75. The first-order chi connectivity index (χ1) is 8.35. The second kappa shape index (κ2) is 5.97. The van der Waals surface area contributed by atoms with Gasteiger partial charge in [0.2, 0.25) is 10.0 Å². The molecule has 1 N–H and O–H groups in total. The molecule has 1 aromatic carbocycles. The van der Waals surface area contributed by atoms with Crippen LogP contribution in [0.15, 0.2) is 35.2 Å². The van der Waals surface area contributed by atoms with Gasteiger partial charge in [0, 0.05) is 13.6 Å². The van der Waals surface area contributed by atoms with Crippen LogP contribution in [-0.4, -0.2) is 37.4 Å². The number of carbonyl (C=O) groups is 1. The first-order valence-electron chi connectivity index (χ1n) is 5.60. The lowest BCUT2D eigenvalue weighted by atomic mass is 10.1. The number of aliphatic carboxylic acids is 1. The van der Waals surface area contributed by atoms with Crippen LogP contribution in [0.4, 0.5) is 0 Å². The second-order valence-electron chi connectivity index (χ2n) is 4.17. The van der Waals surface area contributed by atoms with Gasteiger partial charge in [0.25, 0.3) is 0 Å². The van der Waals surface area contributed by atoms with Crippen molar-refractivity contribution < 1.29 is 18.3 Å². The van der Waals surface area contributed by atoms with Crippen LogP contribution in [0.1, 0.15) is 13.3 Å². The van der Waals surface area contributed by atoms with Gasteiger partial charge in [0.1, 0.15) is 0 Å². The first kappa shape index (κ1) is 14.7. The number of benzene rings is 1. The Kier molecular flexibility index (Phi) is 4.86. The number of nitrogens with zero attached hydrogens (tertiary/aromatic N) is 1. The predicted octanol–water partition coefficient (Wildman–Crippen LogP) is 1.42. The third-order valence-corrected chi connectivity index (χ3v) is 4.62. The van der Waals surface area contributed by atoms with E-state index in [0.717, 1.165) is 0 Å². The lowest BCUT2D eigenvalue weighted by Gasteiger charge is -2.18. The molecule has 0 aromatic heterocycles. The molecule has 0 fully saturated rings. The number of hydrogen-bond donors (Lipinski definition) is 1. The molecule has 6 heteroatoms. The van der Waals surface area contributed by atoms with E-state index in [9.17, 15) is 13.2 Å². The topological polar surface area (TPSA) is 74.7 Å². The number of hydrogen-bond acceptors (Lipinski definition) is 3. The maximum Gasteiger partial charge on any atom is 0.306 e. The molecule has 0 bridgehead atoms. The van der Waals surface area contributed by atoms with Gasteiger partial charge in [0.05, 0.1) is 10.8 Å². The standard InChI is InChI=1S/C12H17NO4S/c1-10(12(14)15)8-9-13(2)18(16,17)11-6-4-3-5-7-11/h3-7,10H,8-9H2,1-2H3,(H,14,15)/t10-/m0/s1. The minimum Gasteiger partial charge on any atom is -0.481 e. The van der Waals surface area contributed by atoms with E-state index in [1.54, 1.807) is 25.1 Å². The summed E-state index contributed by atoms with van der Waals surface area (Å²) in [6, 6.07) is 8.09. The summed E-state index contributed by atoms with van der Waals surface area (Å²) in [7, 11) is -2.06. The van der Waals surface area contributed by atoms with E-state index in [1.807, 2.05) is 0 Å². The van der Waals surface area contributed by atoms with Crippen molar-refractivity contribution in [1.82, 2.24) is 4.31 Å². The van der Waals surface area contributed by atoms with Gasteiger partial charge in [-0.3, -0.25) is 4.79 Å². The fourth-order valence-electron chi connectivity index (χ4n) is 1.39. The fourth-order valence-corrected chi connectivity index (χ4v) is 2.60. The summed E-state index contributed by atoms with van der Waals surface area (Å²) in [6.45, 7) is 1.75. The maximum atomic E-state index is 12.1. The monoisotopic (exact) mass is 271 g/mol. The van der Waals surface area contributed by atoms with Crippen molar-refractivity contribution >= 4 is 16.0 Å². The van der Waals surface area contributed by atoms with Crippen molar-refractivity contribution in [1.29, 1.82) is 0 Å². The Hall–Kier alpha value is -1.40. The van der Waals surface area contributed by atoms with Crippen molar-refractivity contribution in [3.05, 3.63) is 30.3 Å². The molecule has 0 aliphatic heterocycles. The average molecular weight is 271 g/mol. The molecule has 0 saturated heterocycles. The highest BCUT2D eigenvalue weighted by atomic mass is 32.2. The van der Waals surface area contributed by atoms with E-state index in [0.29, 0.717) is 0 Å². The minimum atomic E-state index is -3.52. The van der Waals surface area contributed by atoms with Gasteiger partial charge >= 0.3 is 5.97 Å². The van der Waals surface area contributed by atoms with E-state index < -0.39 is 21.9 Å². The molecule has 1 atom stereocenters. The molecule has 0 amide bonds. The highest BCUT2D eigenvalue weighted by Gasteiger charge is 2.21. The molecule has 0 unspecified atom stereocenters. The van der Waals surface area contributed by atoms with Gasteiger partial charge in [-0.1, -0.05) is 25.1 Å². The average Bonchev–Trinajstić information content (AvgIpc) is 2.36. The Balaban J connectivity index is 2.72. The Morgan fingerprint density at radius 3 is 2.39 bits per heavy atom. The lowest BCUT2D eigenvalue weighted by Crippen LogP contribution is -2.29. The maximum absolute atomic E-state index is 12.1. The van der Waals surface area contributed by atoms with Crippen molar-refractivity contribution in [2.24, 2.45) is 5.92 Å². The normalized spacial score (nSPS) is 13.5. The Labute approximate surface area is 107 Å². The van der Waals surface area contributed by atoms with Gasteiger partial charge in [-0.25, -0.2) is 12.7 Å². The summed E-state index contributed by atoms with van der Waals surface area (Å²) in [4.78, 5) is 10.9. The van der Waals surface area contributed by atoms with Crippen LogP contribution < -0.4 is 0 Å². The predicted molar refractivity (Wildman–Crippen MR) is 67.7 cm³/mol. The van der Waals surface area contributed by atoms with E-state index in [2.05, 4.69) is 0 Å². The molecule has 5 nitrogen and oxygen atoms in total. The molecular formula is C12H17NO4S. The van der Waals surface area contributed by atoms with Gasteiger partial charge in [-0.15, -0.1) is 0 Å². The largest absolute Gasteiger partial charge is 0.481 e. The zero-order valence-electron chi connectivity index (χ0n) is 10.4. The highest BCUT2D eigenvalue weighted by Crippen LogP contribution is 2.14. The summed E-state index contributed by atoms with van der Waals surface area (Å²) >= 11 is 0. The molecule has 0 aliphatic rings. The van der Waals surface area contributed by atoms with Gasteiger partial charge in [-0.2, -0.15) is 0 Å². The second-order valence-corrected chi connectivity index (χ2v) is 6.21. The Morgan fingerprint density at radius 1 is 1.33 bits per heavy atom. The summed E-state index contributed by atoms with van der Waals surface area (Å²) in [5.41, 5.74) is 0. The van der Waals surface area contributed by atoms with Crippen LogP contribution in [0.5, 0.6) is 0 Å². The number of rotatable bonds is 6. The zero-order valence-corrected chi connectivity index (χ0v) is 11.2. The summed E-state index contributed by atoms with van der Waals surface area (Å²) < 4.78 is 25.4. The van der Waals surface area contributed by atoms with Crippen molar-refractivity contribution in [3.8, 4) is 0 Å².